The molecule has 29 heavy (non-hydrogen) atoms. The zero-order valence-corrected chi connectivity index (χ0v) is 16.8. The van der Waals surface area contributed by atoms with Crippen LogP contribution in [0.5, 0.6) is 11.5 Å². The Morgan fingerprint density at radius 3 is 2.59 bits per heavy atom. The maximum Gasteiger partial charge on any atom is 0.265 e. The van der Waals surface area contributed by atoms with Gasteiger partial charge in [-0.05, 0) is 36.8 Å². The summed E-state index contributed by atoms with van der Waals surface area (Å²) in [6, 6.07) is 13.6. The summed E-state index contributed by atoms with van der Waals surface area (Å²) in [5.74, 6) is 1.23. The van der Waals surface area contributed by atoms with E-state index >= 15 is 0 Å². The molecule has 4 rings (SSSR count). The Bertz CT molecular complexity index is 922. The number of ether oxygens (including phenoxy) is 2. The second-order valence-electron chi connectivity index (χ2n) is 7.28. The average Bonchev–Trinajstić information content (AvgIpc) is 2.76. The van der Waals surface area contributed by atoms with E-state index in [4.69, 9.17) is 9.47 Å². The molecule has 2 aromatic rings. The van der Waals surface area contributed by atoms with E-state index in [2.05, 4.69) is 4.90 Å². The number of anilines is 2. The largest absolute Gasteiger partial charge is 0.495 e. The van der Waals surface area contributed by atoms with Crippen LogP contribution in [-0.2, 0) is 9.59 Å². The number of hydrogen-bond acceptors (Lipinski definition) is 5. The Kier molecular flexibility index (Phi) is 5.29. The molecule has 0 spiro atoms. The highest BCUT2D eigenvalue weighted by Gasteiger charge is 2.30. The molecule has 0 aromatic heterocycles. The number of amides is 2. The topological polar surface area (TPSA) is 62.3 Å². The van der Waals surface area contributed by atoms with Crippen molar-refractivity contribution in [2.45, 2.75) is 6.92 Å². The lowest BCUT2D eigenvalue weighted by molar-refractivity contribution is -0.132. The van der Waals surface area contributed by atoms with E-state index in [0.717, 1.165) is 30.1 Å². The van der Waals surface area contributed by atoms with Crippen molar-refractivity contribution in [3.63, 3.8) is 0 Å². The predicted molar refractivity (Wildman–Crippen MR) is 111 cm³/mol. The van der Waals surface area contributed by atoms with Crippen LogP contribution >= 0.6 is 0 Å². The van der Waals surface area contributed by atoms with E-state index in [1.54, 1.807) is 12.0 Å². The van der Waals surface area contributed by atoms with Gasteiger partial charge in [0.25, 0.3) is 5.91 Å². The fourth-order valence-corrected chi connectivity index (χ4v) is 3.81. The first-order valence-corrected chi connectivity index (χ1v) is 9.76. The Morgan fingerprint density at radius 2 is 1.83 bits per heavy atom. The Labute approximate surface area is 170 Å². The van der Waals surface area contributed by atoms with E-state index in [1.807, 2.05) is 54.3 Å². The summed E-state index contributed by atoms with van der Waals surface area (Å²) >= 11 is 0. The van der Waals surface area contributed by atoms with Gasteiger partial charge in [-0.15, -0.1) is 0 Å². The van der Waals surface area contributed by atoms with Gasteiger partial charge in [-0.1, -0.05) is 18.2 Å². The zero-order chi connectivity index (χ0) is 20.4. The third-order valence-electron chi connectivity index (χ3n) is 5.41. The smallest absolute Gasteiger partial charge is 0.265 e. The maximum absolute atomic E-state index is 12.9. The molecule has 7 nitrogen and oxygen atoms in total. The summed E-state index contributed by atoms with van der Waals surface area (Å²) in [6.45, 7) is 4.61. The third kappa shape index (κ3) is 3.85. The van der Waals surface area contributed by atoms with Gasteiger partial charge < -0.3 is 19.3 Å². The third-order valence-corrected chi connectivity index (χ3v) is 5.41. The molecule has 2 heterocycles. The Hall–Kier alpha value is -3.22. The van der Waals surface area contributed by atoms with Crippen molar-refractivity contribution in [1.29, 1.82) is 0 Å². The molecule has 152 valence electrons. The quantitative estimate of drug-likeness (QED) is 0.793. The first-order chi connectivity index (χ1) is 14.1. The van der Waals surface area contributed by atoms with Crippen molar-refractivity contribution in [3.05, 3.63) is 48.0 Å². The summed E-state index contributed by atoms with van der Waals surface area (Å²) in [5, 5.41) is 0. The first-order valence-electron chi connectivity index (χ1n) is 9.76. The minimum Gasteiger partial charge on any atom is -0.495 e. The minimum atomic E-state index is -0.191. The van der Waals surface area contributed by atoms with Crippen LogP contribution in [0.4, 0.5) is 11.4 Å². The van der Waals surface area contributed by atoms with E-state index < -0.39 is 0 Å². The molecule has 7 heteroatoms. The molecule has 1 fully saturated rings. The van der Waals surface area contributed by atoms with Gasteiger partial charge in [0.05, 0.1) is 18.5 Å². The van der Waals surface area contributed by atoms with Crippen LogP contribution in [0, 0.1) is 6.92 Å². The molecule has 2 aliphatic heterocycles. The van der Waals surface area contributed by atoms with Gasteiger partial charge in [-0.3, -0.25) is 14.5 Å². The summed E-state index contributed by atoms with van der Waals surface area (Å²) in [4.78, 5) is 30.9. The van der Waals surface area contributed by atoms with Gasteiger partial charge in [0.2, 0.25) is 5.91 Å². The second kappa shape index (κ2) is 8.03. The zero-order valence-electron chi connectivity index (χ0n) is 16.8. The van der Waals surface area contributed by atoms with Gasteiger partial charge in [0, 0.05) is 26.2 Å². The van der Waals surface area contributed by atoms with Crippen molar-refractivity contribution < 1.29 is 19.1 Å². The molecule has 1 saturated heterocycles. The molecular formula is C22H25N3O4. The highest BCUT2D eigenvalue weighted by Crippen LogP contribution is 2.33. The van der Waals surface area contributed by atoms with Crippen molar-refractivity contribution in [2.24, 2.45) is 0 Å². The molecule has 0 unspecified atom stereocenters. The summed E-state index contributed by atoms with van der Waals surface area (Å²) in [6.07, 6.45) is 0. The van der Waals surface area contributed by atoms with Crippen LogP contribution in [0.3, 0.4) is 0 Å². The number of para-hydroxylation sites is 2. The number of benzene rings is 2. The van der Waals surface area contributed by atoms with Gasteiger partial charge in [0.1, 0.15) is 18.0 Å². The van der Waals surface area contributed by atoms with Crippen LogP contribution in [-0.4, -0.2) is 63.2 Å². The fourth-order valence-electron chi connectivity index (χ4n) is 3.81. The summed E-state index contributed by atoms with van der Waals surface area (Å²) in [5.41, 5.74) is 2.72. The number of fused-ring (bicyclic) bond motifs is 1. The van der Waals surface area contributed by atoms with Crippen molar-refractivity contribution in [3.8, 4) is 11.5 Å². The number of piperazine rings is 1. The number of aryl methyl sites for hydroxylation is 1. The molecule has 2 aromatic carbocycles. The predicted octanol–water partition coefficient (Wildman–Crippen LogP) is 2.08. The van der Waals surface area contributed by atoms with E-state index in [-0.39, 0.29) is 25.0 Å². The lowest BCUT2D eigenvalue weighted by Gasteiger charge is -2.38. The Morgan fingerprint density at radius 1 is 1.07 bits per heavy atom. The number of rotatable bonds is 4. The molecule has 0 aliphatic carbocycles. The van der Waals surface area contributed by atoms with E-state index in [0.29, 0.717) is 24.5 Å². The minimum absolute atomic E-state index is 0.0350. The molecular weight excluding hydrogens is 370 g/mol. The number of hydrogen-bond donors (Lipinski definition) is 0. The molecule has 0 N–H and O–H groups in total. The first kappa shape index (κ1) is 19.1. The monoisotopic (exact) mass is 395 g/mol. The lowest BCUT2D eigenvalue weighted by atomic mass is 10.1. The molecule has 0 atom stereocenters. The van der Waals surface area contributed by atoms with Crippen LogP contribution in [0.1, 0.15) is 5.56 Å². The van der Waals surface area contributed by atoms with Crippen molar-refractivity contribution in [1.82, 2.24) is 4.90 Å². The second-order valence-corrected chi connectivity index (χ2v) is 7.28. The fraction of sp³-hybridized carbons (Fsp3) is 0.364. The van der Waals surface area contributed by atoms with Gasteiger partial charge in [-0.2, -0.15) is 0 Å². The summed E-state index contributed by atoms with van der Waals surface area (Å²) in [7, 11) is 1.66. The average molecular weight is 395 g/mol. The van der Waals surface area contributed by atoms with Crippen molar-refractivity contribution >= 4 is 23.2 Å². The number of carbonyl (C=O) groups is 2. The number of nitrogens with zero attached hydrogens (tertiary/aromatic N) is 3. The van der Waals surface area contributed by atoms with Crippen LogP contribution in [0.25, 0.3) is 0 Å². The SMILES string of the molecule is COc1ccccc1N1CCN(C(=O)CN2C(=O)COc3ccc(C)cc32)CC1. The molecule has 0 radical (unpaired) electrons. The van der Waals surface area contributed by atoms with Gasteiger partial charge in [-0.25, -0.2) is 0 Å². The standard InChI is InChI=1S/C22H25N3O4/c1-16-7-8-20-18(13-16)25(22(27)15-29-20)14-21(26)24-11-9-23(10-12-24)17-5-3-4-6-19(17)28-2/h3-8,13H,9-12,14-15H2,1-2H3. The van der Waals surface area contributed by atoms with Gasteiger partial charge >= 0.3 is 0 Å². The normalized spacial score (nSPS) is 16.3. The highest BCUT2D eigenvalue weighted by molar-refractivity contribution is 6.02. The number of carbonyl (C=O) groups excluding carboxylic acids is 2. The number of methoxy groups -OCH3 is 1. The van der Waals surface area contributed by atoms with Crippen LogP contribution < -0.4 is 19.3 Å². The molecule has 0 bridgehead atoms. The van der Waals surface area contributed by atoms with Crippen LogP contribution in [0.15, 0.2) is 42.5 Å². The van der Waals surface area contributed by atoms with Crippen LogP contribution in [0.2, 0.25) is 0 Å². The highest BCUT2D eigenvalue weighted by atomic mass is 16.5. The summed E-state index contributed by atoms with van der Waals surface area (Å²) < 4.78 is 10.9. The van der Waals surface area contributed by atoms with E-state index in [1.165, 1.54) is 0 Å². The Balaban J connectivity index is 1.42. The molecule has 2 amide bonds. The van der Waals surface area contributed by atoms with Crippen molar-refractivity contribution in [2.75, 3.05) is 56.2 Å². The maximum atomic E-state index is 12.9. The van der Waals surface area contributed by atoms with Gasteiger partial charge in [0.15, 0.2) is 6.61 Å². The lowest BCUT2D eigenvalue weighted by Crippen LogP contribution is -2.53. The molecule has 2 aliphatic rings. The molecule has 0 saturated carbocycles. The van der Waals surface area contributed by atoms with E-state index in [9.17, 15) is 9.59 Å².